The maximum Gasteiger partial charge on any atom is 0.131 e. The highest BCUT2D eigenvalue weighted by Gasteiger charge is 2.14. The van der Waals surface area contributed by atoms with Crippen LogP contribution in [-0.2, 0) is 12.0 Å². The summed E-state index contributed by atoms with van der Waals surface area (Å²) >= 11 is 3.51. The lowest BCUT2D eigenvalue weighted by atomic mass is 9.87. The van der Waals surface area contributed by atoms with Crippen LogP contribution in [0, 0.1) is 0 Å². The van der Waals surface area contributed by atoms with Crippen LogP contribution in [-0.4, -0.2) is 7.05 Å². The van der Waals surface area contributed by atoms with E-state index in [4.69, 9.17) is 4.74 Å². The van der Waals surface area contributed by atoms with Gasteiger partial charge in [-0.05, 0) is 48.4 Å². The Balaban J connectivity index is 2.30. The van der Waals surface area contributed by atoms with Crippen molar-refractivity contribution in [3.05, 3.63) is 58.1 Å². The highest BCUT2D eigenvalue weighted by Crippen LogP contribution is 2.31. The molecule has 0 radical (unpaired) electrons. The zero-order valence-electron chi connectivity index (χ0n) is 13.0. The molecule has 2 rings (SSSR count). The van der Waals surface area contributed by atoms with Crippen LogP contribution in [0.25, 0.3) is 0 Å². The van der Waals surface area contributed by atoms with Gasteiger partial charge in [0, 0.05) is 16.6 Å². The van der Waals surface area contributed by atoms with Crippen LogP contribution < -0.4 is 10.1 Å². The van der Waals surface area contributed by atoms with Gasteiger partial charge in [-0.25, -0.2) is 0 Å². The number of benzene rings is 2. The minimum absolute atomic E-state index is 0.118. The molecule has 2 nitrogen and oxygen atoms in total. The number of hydrogen-bond donors (Lipinski definition) is 1. The summed E-state index contributed by atoms with van der Waals surface area (Å²) in [4.78, 5) is 0. The Hall–Kier alpha value is -1.32. The van der Waals surface area contributed by atoms with Gasteiger partial charge in [-0.15, -0.1) is 0 Å². The third-order valence-electron chi connectivity index (χ3n) is 3.32. The predicted molar refractivity (Wildman–Crippen MR) is 92.1 cm³/mol. The van der Waals surface area contributed by atoms with E-state index >= 15 is 0 Å². The molecule has 0 atom stereocenters. The largest absolute Gasteiger partial charge is 0.457 e. The van der Waals surface area contributed by atoms with E-state index < -0.39 is 0 Å². The molecule has 0 heterocycles. The van der Waals surface area contributed by atoms with E-state index in [9.17, 15) is 0 Å². The van der Waals surface area contributed by atoms with Crippen molar-refractivity contribution in [2.45, 2.75) is 32.7 Å². The molecule has 0 saturated carbocycles. The number of ether oxygens (including phenoxy) is 1. The third-order valence-corrected chi connectivity index (χ3v) is 3.81. The molecule has 21 heavy (non-hydrogen) atoms. The van der Waals surface area contributed by atoms with Crippen LogP contribution in [0.15, 0.2) is 46.9 Å². The zero-order chi connectivity index (χ0) is 15.5. The van der Waals surface area contributed by atoms with Crippen LogP contribution in [0.4, 0.5) is 0 Å². The quantitative estimate of drug-likeness (QED) is 0.814. The fourth-order valence-corrected chi connectivity index (χ4v) is 2.54. The van der Waals surface area contributed by atoms with E-state index in [1.807, 2.05) is 31.3 Å². The molecule has 0 saturated heterocycles. The van der Waals surface area contributed by atoms with Gasteiger partial charge in [0.2, 0.25) is 0 Å². The van der Waals surface area contributed by atoms with Crippen molar-refractivity contribution < 1.29 is 4.74 Å². The Morgan fingerprint density at radius 2 is 1.86 bits per heavy atom. The van der Waals surface area contributed by atoms with Crippen LogP contribution in [0.5, 0.6) is 11.5 Å². The van der Waals surface area contributed by atoms with E-state index in [1.165, 1.54) is 5.56 Å². The van der Waals surface area contributed by atoms with Gasteiger partial charge in [0.05, 0.1) is 0 Å². The Morgan fingerprint density at radius 3 is 2.52 bits per heavy atom. The summed E-state index contributed by atoms with van der Waals surface area (Å²) in [5.74, 6) is 1.76. The van der Waals surface area contributed by atoms with Gasteiger partial charge in [-0.3, -0.25) is 0 Å². The molecule has 0 aromatic heterocycles. The molecule has 2 aromatic rings. The molecule has 2 aromatic carbocycles. The summed E-state index contributed by atoms with van der Waals surface area (Å²) in [6.45, 7) is 7.39. The molecule has 112 valence electrons. The first-order valence-electron chi connectivity index (χ1n) is 7.11. The van der Waals surface area contributed by atoms with Crippen molar-refractivity contribution in [2.24, 2.45) is 0 Å². The SMILES string of the molecule is CNCc1cc(Br)ccc1Oc1cccc(C(C)(C)C)c1. The molecule has 0 aliphatic rings. The monoisotopic (exact) mass is 347 g/mol. The fraction of sp³-hybridized carbons (Fsp3) is 0.333. The van der Waals surface area contributed by atoms with Gasteiger partial charge in [0.25, 0.3) is 0 Å². The lowest BCUT2D eigenvalue weighted by Crippen LogP contribution is -2.10. The molecule has 0 spiro atoms. The first kappa shape index (κ1) is 16.1. The smallest absolute Gasteiger partial charge is 0.131 e. The zero-order valence-corrected chi connectivity index (χ0v) is 14.6. The summed E-state index contributed by atoms with van der Waals surface area (Å²) in [6, 6.07) is 14.4. The summed E-state index contributed by atoms with van der Waals surface area (Å²) < 4.78 is 7.15. The first-order chi connectivity index (χ1) is 9.90. The molecule has 0 fully saturated rings. The highest BCUT2D eigenvalue weighted by molar-refractivity contribution is 9.10. The molecule has 3 heteroatoms. The predicted octanol–water partition coefficient (Wildman–Crippen LogP) is 5.26. The van der Waals surface area contributed by atoms with E-state index in [-0.39, 0.29) is 5.41 Å². The summed E-state index contributed by atoms with van der Waals surface area (Å²) in [7, 11) is 1.94. The van der Waals surface area contributed by atoms with Gasteiger partial charge < -0.3 is 10.1 Å². The molecule has 0 bridgehead atoms. The van der Waals surface area contributed by atoms with Crippen LogP contribution in [0.3, 0.4) is 0 Å². The van der Waals surface area contributed by atoms with Crippen molar-refractivity contribution in [3.8, 4) is 11.5 Å². The van der Waals surface area contributed by atoms with Crippen molar-refractivity contribution in [1.29, 1.82) is 0 Å². The van der Waals surface area contributed by atoms with Gasteiger partial charge in [0.1, 0.15) is 11.5 Å². The third kappa shape index (κ3) is 4.32. The average molecular weight is 348 g/mol. The standard InChI is InChI=1S/C18H22BrNO/c1-18(2,3)14-6-5-7-16(11-14)21-17-9-8-15(19)10-13(17)12-20-4/h5-11,20H,12H2,1-4H3. The fourth-order valence-electron chi connectivity index (χ4n) is 2.13. The highest BCUT2D eigenvalue weighted by atomic mass is 79.9. The van der Waals surface area contributed by atoms with Gasteiger partial charge >= 0.3 is 0 Å². The first-order valence-corrected chi connectivity index (χ1v) is 7.91. The lowest BCUT2D eigenvalue weighted by Gasteiger charge is -2.20. The molecule has 0 amide bonds. The second kappa shape index (κ2) is 6.63. The Kier molecular flexibility index (Phi) is 5.07. The number of nitrogens with one attached hydrogen (secondary N) is 1. The van der Waals surface area contributed by atoms with Crippen molar-refractivity contribution in [3.63, 3.8) is 0 Å². The number of halogens is 1. The van der Waals surface area contributed by atoms with Gasteiger partial charge in [0.15, 0.2) is 0 Å². The average Bonchev–Trinajstić information content (AvgIpc) is 2.42. The van der Waals surface area contributed by atoms with Crippen LogP contribution in [0.1, 0.15) is 31.9 Å². The second-order valence-electron chi connectivity index (χ2n) is 6.16. The minimum atomic E-state index is 0.118. The topological polar surface area (TPSA) is 21.3 Å². The Morgan fingerprint density at radius 1 is 1.10 bits per heavy atom. The van der Waals surface area contributed by atoms with Gasteiger partial charge in [-0.1, -0.05) is 48.8 Å². The minimum Gasteiger partial charge on any atom is -0.457 e. The number of rotatable bonds is 4. The summed E-state index contributed by atoms with van der Waals surface area (Å²) in [5.41, 5.74) is 2.52. The van der Waals surface area contributed by atoms with Crippen molar-refractivity contribution >= 4 is 15.9 Å². The normalized spacial score (nSPS) is 11.5. The van der Waals surface area contributed by atoms with Gasteiger partial charge in [-0.2, -0.15) is 0 Å². The molecular weight excluding hydrogens is 326 g/mol. The number of hydrogen-bond acceptors (Lipinski definition) is 2. The van der Waals surface area contributed by atoms with Crippen molar-refractivity contribution in [1.82, 2.24) is 5.32 Å². The summed E-state index contributed by atoms with van der Waals surface area (Å²) in [6.07, 6.45) is 0. The van der Waals surface area contributed by atoms with Crippen LogP contribution in [0.2, 0.25) is 0 Å². The van der Waals surface area contributed by atoms with E-state index in [0.29, 0.717) is 0 Å². The Labute approximate surface area is 135 Å². The molecule has 0 aliphatic carbocycles. The Bertz CT molecular complexity index is 617. The van der Waals surface area contributed by atoms with Crippen LogP contribution >= 0.6 is 15.9 Å². The maximum atomic E-state index is 6.09. The summed E-state index contributed by atoms with van der Waals surface area (Å²) in [5, 5.41) is 3.17. The van der Waals surface area contributed by atoms with E-state index in [0.717, 1.165) is 28.1 Å². The molecule has 0 unspecified atom stereocenters. The van der Waals surface area contributed by atoms with E-state index in [2.05, 4.69) is 60.2 Å². The van der Waals surface area contributed by atoms with Crippen molar-refractivity contribution in [2.75, 3.05) is 7.05 Å². The second-order valence-corrected chi connectivity index (χ2v) is 7.08. The molecule has 0 aliphatic heterocycles. The molecular formula is C18H22BrNO. The lowest BCUT2D eigenvalue weighted by molar-refractivity contribution is 0.470. The molecule has 1 N–H and O–H groups in total. The maximum absolute atomic E-state index is 6.09. The van der Waals surface area contributed by atoms with E-state index in [1.54, 1.807) is 0 Å².